The molecule has 250 valence electrons. The van der Waals surface area contributed by atoms with Crippen molar-refractivity contribution in [1.29, 1.82) is 0 Å². The van der Waals surface area contributed by atoms with Gasteiger partial charge in [0.25, 0.3) is 0 Å². The smallest absolute Gasteiger partial charge is 0.0564 e. The fraction of sp³-hybridized carbons (Fsp3) is 0.143. The zero-order valence-electron chi connectivity index (χ0n) is 30.1. The van der Waals surface area contributed by atoms with Gasteiger partial charge in [0.15, 0.2) is 0 Å². The molecule has 0 saturated carbocycles. The van der Waals surface area contributed by atoms with Crippen molar-refractivity contribution in [2.24, 2.45) is 0 Å². The van der Waals surface area contributed by atoms with Gasteiger partial charge in [-0.05, 0) is 99.5 Å². The molecule has 2 heteroatoms. The monoisotopic (exact) mass is 660 g/mol. The highest BCUT2D eigenvalue weighted by Crippen LogP contribution is 2.53. The molecular formula is C49H44N2. The van der Waals surface area contributed by atoms with E-state index in [9.17, 15) is 0 Å². The van der Waals surface area contributed by atoms with Crippen LogP contribution in [0.3, 0.4) is 0 Å². The van der Waals surface area contributed by atoms with Crippen LogP contribution in [0.2, 0.25) is 0 Å². The molecule has 0 unspecified atom stereocenters. The third-order valence-electron chi connectivity index (χ3n) is 10.4. The van der Waals surface area contributed by atoms with E-state index in [1.54, 1.807) is 0 Å². The second-order valence-corrected chi connectivity index (χ2v) is 15.1. The van der Waals surface area contributed by atoms with Gasteiger partial charge in [-0.1, -0.05) is 150 Å². The van der Waals surface area contributed by atoms with Crippen LogP contribution < -0.4 is 9.80 Å². The van der Waals surface area contributed by atoms with E-state index in [0.717, 1.165) is 39.7 Å². The summed E-state index contributed by atoms with van der Waals surface area (Å²) in [5.74, 6) is 0. The standard InChI is InChI=1S/C49H44N2/c1-48(2,3)36-32-45(50(37-22-12-7-13-23-37)38-24-14-8-15-25-38)47(35-20-10-6-11-21-35)46(33-36)51(39-26-16-9-17-27-39)40-30-31-42-41-28-18-19-29-43(41)49(4,5)44(42)34-40/h6-34H,1-5H3. The van der Waals surface area contributed by atoms with Gasteiger partial charge in [-0.3, -0.25) is 0 Å². The maximum absolute atomic E-state index is 2.48. The van der Waals surface area contributed by atoms with Crippen molar-refractivity contribution in [2.45, 2.75) is 45.4 Å². The first kappa shape index (κ1) is 32.4. The molecule has 0 aliphatic heterocycles. The number of fused-ring (bicyclic) bond motifs is 3. The van der Waals surface area contributed by atoms with E-state index in [-0.39, 0.29) is 10.8 Å². The largest absolute Gasteiger partial charge is 0.310 e. The minimum absolute atomic E-state index is 0.123. The van der Waals surface area contributed by atoms with E-state index in [2.05, 4.69) is 220 Å². The predicted molar refractivity (Wildman–Crippen MR) is 218 cm³/mol. The van der Waals surface area contributed by atoms with Crippen LogP contribution in [0.5, 0.6) is 0 Å². The van der Waals surface area contributed by atoms with Gasteiger partial charge < -0.3 is 9.80 Å². The summed E-state index contributed by atoms with van der Waals surface area (Å²) in [6.45, 7) is 11.7. The molecule has 8 rings (SSSR count). The molecule has 0 heterocycles. The average Bonchev–Trinajstić information content (AvgIpc) is 3.39. The summed E-state index contributed by atoms with van der Waals surface area (Å²) >= 11 is 0. The van der Waals surface area contributed by atoms with Crippen molar-refractivity contribution in [3.8, 4) is 22.3 Å². The van der Waals surface area contributed by atoms with Crippen molar-refractivity contribution >= 4 is 34.1 Å². The van der Waals surface area contributed by atoms with Crippen LogP contribution in [-0.4, -0.2) is 0 Å². The Morgan fingerprint density at radius 3 is 1.35 bits per heavy atom. The third-order valence-corrected chi connectivity index (χ3v) is 10.4. The zero-order chi connectivity index (χ0) is 35.2. The van der Waals surface area contributed by atoms with E-state index in [1.165, 1.54) is 33.4 Å². The highest BCUT2D eigenvalue weighted by atomic mass is 15.2. The Morgan fingerprint density at radius 1 is 0.412 bits per heavy atom. The maximum atomic E-state index is 2.48. The Morgan fingerprint density at radius 2 is 0.843 bits per heavy atom. The Bertz CT molecular complexity index is 2260. The molecule has 2 nitrogen and oxygen atoms in total. The quantitative estimate of drug-likeness (QED) is 0.168. The fourth-order valence-corrected chi connectivity index (χ4v) is 7.72. The average molecular weight is 661 g/mol. The van der Waals surface area contributed by atoms with Crippen LogP contribution in [-0.2, 0) is 10.8 Å². The lowest BCUT2D eigenvalue weighted by Gasteiger charge is -2.35. The number of anilines is 6. The van der Waals surface area contributed by atoms with E-state index in [1.807, 2.05) is 0 Å². The minimum Gasteiger partial charge on any atom is -0.310 e. The van der Waals surface area contributed by atoms with Crippen LogP contribution in [0.15, 0.2) is 176 Å². The summed E-state index contributed by atoms with van der Waals surface area (Å²) in [6.07, 6.45) is 0. The molecule has 0 aromatic heterocycles. The molecule has 0 fully saturated rings. The van der Waals surface area contributed by atoms with Crippen LogP contribution in [0.25, 0.3) is 22.3 Å². The molecule has 1 aliphatic rings. The lowest BCUT2D eigenvalue weighted by Crippen LogP contribution is -2.20. The highest BCUT2D eigenvalue weighted by Gasteiger charge is 2.36. The Hall–Kier alpha value is -5.86. The van der Waals surface area contributed by atoms with Gasteiger partial charge in [0, 0.05) is 33.7 Å². The van der Waals surface area contributed by atoms with Gasteiger partial charge in [-0.2, -0.15) is 0 Å². The van der Waals surface area contributed by atoms with Crippen molar-refractivity contribution < 1.29 is 0 Å². The van der Waals surface area contributed by atoms with Crippen molar-refractivity contribution in [3.63, 3.8) is 0 Å². The molecule has 0 radical (unpaired) electrons. The molecule has 7 aromatic rings. The lowest BCUT2D eigenvalue weighted by atomic mass is 9.82. The molecular weight excluding hydrogens is 617 g/mol. The summed E-state index contributed by atoms with van der Waals surface area (Å²) in [5, 5.41) is 0. The number of para-hydroxylation sites is 3. The molecule has 0 spiro atoms. The van der Waals surface area contributed by atoms with E-state index < -0.39 is 0 Å². The number of hydrogen-bond donors (Lipinski definition) is 0. The van der Waals surface area contributed by atoms with Crippen LogP contribution in [0.4, 0.5) is 34.1 Å². The minimum atomic E-state index is -0.123. The number of nitrogens with zero attached hydrogens (tertiary/aromatic N) is 2. The van der Waals surface area contributed by atoms with Gasteiger partial charge in [-0.15, -0.1) is 0 Å². The van der Waals surface area contributed by atoms with Crippen LogP contribution >= 0.6 is 0 Å². The van der Waals surface area contributed by atoms with E-state index in [0.29, 0.717) is 0 Å². The Balaban J connectivity index is 1.47. The van der Waals surface area contributed by atoms with Crippen molar-refractivity contribution in [1.82, 2.24) is 0 Å². The van der Waals surface area contributed by atoms with Gasteiger partial charge in [0.1, 0.15) is 0 Å². The summed E-state index contributed by atoms with van der Waals surface area (Å²) < 4.78 is 0. The molecule has 0 atom stereocenters. The fourth-order valence-electron chi connectivity index (χ4n) is 7.72. The molecule has 7 aromatic carbocycles. The molecule has 51 heavy (non-hydrogen) atoms. The lowest BCUT2D eigenvalue weighted by molar-refractivity contribution is 0.590. The van der Waals surface area contributed by atoms with Crippen LogP contribution in [0.1, 0.15) is 51.3 Å². The van der Waals surface area contributed by atoms with Gasteiger partial charge in [0.05, 0.1) is 11.4 Å². The second-order valence-electron chi connectivity index (χ2n) is 15.1. The first-order valence-corrected chi connectivity index (χ1v) is 18.0. The molecule has 0 bridgehead atoms. The maximum Gasteiger partial charge on any atom is 0.0564 e. The molecule has 0 saturated heterocycles. The summed E-state index contributed by atoms with van der Waals surface area (Å²) in [7, 11) is 0. The summed E-state index contributed by atoms with van der Waals surface area (Å²) in [4.78, 5) is 4.90. The Kier molecular flexibility index (Phi) is 8.11. The van der Waals surface area contributed by atoms with Crippen molar-refractivity contribution in [2.75, 3.05) is 9.80 Å². The number of benzene rings is 7. The van der Waals surface area contributed by atoms with Crippen molar-refractivity contribution in [3.05, 3.63) is 193 Å². The normalized spacial score (nSPS) is 13.0. The summed E-state index contributed by atoms with van der Waals surface area (Å²) in [5.41, 5.74) is 15.5. The predicted octanol–water partition coefficient (Wildman–Crippen LogP) is 13.9. The van der Waals surface area contributed by atoms with Gasteiger partial charge in [-0.25, -0.2) is 0 Å². The SMILES string of the molecule is CC(C)(C)c1cc(N(c2ccccc2)c2ccccc2)c(-c2ccccc2)c(N(c2ccccc2)c2ccc3c(c2)C(C)(C)c2ccccc2-3)c1. The second kappa shape index (κ2) is 12.8. The van der Waals surface area contributed by atoms with Gasteiger partial charge >= 0.3 is 0 Å². The highest BCUT2D eigenvalue weighted by molar-refractivity contribution is 5.99. The first-order valence-electron chi connectivity index (χ1n) is 18.0. The Labute approximate surface area is 303 Å². The third kappa shape index (κ3) is 5.81. The molecule has 1 aliphatic carbocycles. The number of rotatable bonds is 7. The van der Waals surface area contributed by atoms with E-state index in [4.69, 9.17) is 0 Å². The topological polar surface area (TPSA) is 6.48 Å². The molecule has 0 N–H and O–H groups in total. The number of hydrogen-bond acceptors (Lipinski definition) is 2. The first-order chi connectivity index (χ1) is 24.7. The van der Waals surface area contributed by atoms with E-state index >= 15 is 0 Å². The zero-order valence-corrected chi connectivity index (χ0v) is 30.1. The molecule has 0 amide bonds. The summed E-state index contributed by atoms with van der Waals surface area (Å²) in [6, 6.07) is 64.1. The van der Waals surface area contributed by atoms with Crippen LogP contribution in [0, 0.1) is 0 Å². The van der Waals surface area contributed by atoms with Gasteiger partial charge in [0.2, 0.25) is 0 Å².